The van der Waals surface area contributed by atoms with E-state index in [-0.39, 0.29) is 5.91 Å². The monoisotopic (exact) mass is 363 g/mol. The summed E-state index contributed by atoms with van der Waals surface area (Å²) >= 11 is 0. The van der Waals surface area contributed by atoms with Gasteiger partial charge in [0.25, 0.3) is 0 Å². The van der Waals surface area contributed by atoms with Gasteiger partial charge in [-0.15, -0.1) is 0 Å². The van der Waals surface area contributed by atoms with E-state index < -0.39 is 0 Å². The topological polar surface area (TPSA) is 54.3 Å². The van der Waals surface area contributed by atoms with Crippen molar-refractivity contribution < 1.29 is 4.79 Å². The minimum absolute atomic E-state index is 0.173. The summed E-state index contributed by atoms with van der Waals surface area (Å²) in [7, 11) is 0. The van der Waals surface area contributed by atoms with Gasteiger partial charge in [-0.3, -0.25) is 14.7 Å². The van der Waals surface area contributed by atoms with Gasteiger partial charge < -0.3 is 9.47 Å². The molecule has 0 aliphatic carbocycles. The minimum atomic E-state index is 0.173. The van der Waals surface area contributed by atoms with Gasteiger partial charge >= 0.3 is 0 Å². The highest BCUT2D eigenvalue weighted by atomic mass is 16.2. The molecule has 6 nitrogen and oxygen atoms in total. The molecular formula is C21H25N5O. The Morgan fingerprint density at radius 1 is 1.04 bits per heavy atom. The van der Waals surface area contributed by atoms with Crippen LogP contribution in [0.4, 0.5) is 0 Å². The van der Waals surface area contributed by atoms with Gasteiger partial charge in [-0.05, 0) is 43.2 Å². The Hall–Kier alpha value is -2.73. The molecule has 6 heteroatoms. The second-order valence-corrected chi connectivity index (χ2v) is 7.10. The van der Waals surface area contributed by atoms with Crippen molar-refractivity contribution in [1.29, 1.82) is 0 Å². The number of hydrogen-bond acceptors (Lipinski definition) is 4. The Balaban J connectivity index is 1.40. The van der Waals surface area contributed by atoms with Crippen molar-refractivity contribution in [3.8, 4) is 0 Å². The van der Waals surface area contributed by atoms with Crippen LogP contribution in [0.1, 0.15) is 17.8 Å². The maximum atomic E-state index is 12.9. The third-order valence-corrected chi connectivity index (χ3v) is 5.24. The van der Waals surface area contributed by atoms with E-state index in [0.29, 0.717) is 6.54 Å². The number of pyridine rings is 1. The van der Waals surface area contributed by atoms with E-state index in [0.717, 1.165) is 56.0 Å². The van der Waals surface area contributed by atoms with E-state index in [9.17, 15) is 4.79 Å². The third kappa shape index (κ3) is 4.01. The van der Waals surface area contributed by atoms with Crippen LogP contribution in [0.25, 0.3) is 11.0 Å². The van der Waals surface area contributed by atoms with Gasteiger partial charge in [0.1, 0.15) is 12.4 Å². The first-order valence-electron chi connectivity index (χ1n) is 9.51. The average Bonchev–Trinajstić information content (AvgIpc) is 2.84. The maximum Gasteiger partial charge on any atom is 0.242 e. The summed E-state index contributed by atoms with van der Waals surface area (Å²) in [6, 6.07) is 12.1. The smallest absolute Gasteiger partial charge is 0.242 e. The van der Waals surface area contributed by atoms with Crippen LogP contribution >= 0.6 is 0 Å². The van der Waals surface area contributed by atoms with Gasteiger partial charge in [0.05, 0.1) is 11.0 Å². The molecule has 1 aromatic carbocycles. The second kappa shape index (κ2) is 7.88. The second-order valence-electron chi connectivity index (χ2n) is 7.10. The predicted octanol–water partition coefficient (Wildman–Crippen LogP) is 2.47. The quantitative estimate of drug-likeness (QED) is 0.715. The van der Waals surface area contributed by atoms with Crippen molar-refractivity contribution >= 4 is 16.9 Å². The van der Waals surface area contributed by atoms with E-state index in [1.165, 1.54) is 5.56 Å². The van der Waals surface area contributed by atoms with Crippen LogP contribution in [0.15, 0.2) is 48.8 Å². The van der Waals surface area contributed by atoms with Gasteiger partial charge in [-0.1, -0.05) is 12.1 Å². The van der Waals surface area contributed by atoms with Crippen LogP contribution in [-0.2, 0) is 17.9 Å². The lowest BCUT2D eigenvalue weighted by atomic mass is 10.2. The number of nitrogens with zero attached hydrogens (tertiary/aromatic N) is 5. The SMILES string of the molecule is Cc1nc2ccccc2n1CC(=O)N1CCCN(Cc2ccncc2)CC1. The van der Waals surface area contributed by atoms with Crippen LogP contribution in [0.2, 0.25) is 0 Å². The van der Waals surface area contributed by atoms with Crippen LogP contribution in [0, 0.1) is 6.92 Å². The molecule has 3 heterocycles. The third-order valence-electron chi connectivity index (χ3n) is 5.24. The van der Waals surface area contributed by atoms with Gasteiger partial charge in [0.2, 0.25) is 5.91 Å². The molecule has 1 saturated heterocycles. The standard InChI is InChI=1S/C21H25N5O/c1-17-23-19-5-2-3-6-20(19)26(17)16-21(27)25-12-4-11-24(13-14-25)15-18-7-9-22-10-8-18/h2-3,5-10H,4,11-16H2,1H3. The number of carbonyl (C=O) groups excluding carboxylic acids is 1. The highest BCUT2D eigenvalue weighted by Gasteiger charge is 2.20. The molecule has 1 aliphatic heterocycles. The lowest BCUT2D eigenvalue weighted by molar-refractivity contribution is -0.131. The van der Waals surface area contributed by atoms with Crippen molar-refractivity contribution in [2.75, 3.05) is 26.2 Å². The molecular weight excluding hydrogens is 338 g/mol. The molecule has 3 aromatic rings. The highest BCUT2D eigenvalue weighted by Crippen LogP contribution is 2.16. The summed E-state index contributed by atoms with van der Waals surface area (Å²) in [5.74, 6) is 1.06. The van der Waals surface area contributed by atoms with Gasteiger partial charge in [0.15, 0.2) is 0 Å². The summed E-state index contributed by atoms with van der Waals surface area (Å²) in [5.41, 5.74) is 3.24. The van der Waals surface area contributed by atoms with Crippen molar-refractivity contribution in [2.24, 2.45) is 0 Å². The molecule has 0 N–H and O–H groups in total. The Morgan fingerprint density at radius 2 is 1.85 bits per heavy atom. The normalized spacial score (nSPS) is 15.8. The molecule has 1 aliphatic rings. The number of rotatable bonds is 4. The zero-order valence-electron chi connectivity index (χ0n) is 15.7. The molecule has 1 fully saturated rings. The molecule has 0 unspecified atom stereocenters. The van der Waals surface area contributed by atoms with E-state index in [2.05, 4.69) is 27.0 Å². The summed E-state index contributed by atoms with van der Waals surface area (Å²) < 4.78 is 2.03. The average molecular weight is 363 g/mol. The molecule has 0 radical (unpaired) electrons. The largest absolute Gasteiger partial charge is 0.340 e. The molecule has 1 amide bonds. The van der Waals surface area contributed by atoms with Gasteiger partial charge in [-0.2, -0.15) is 0 Å². The Bertz CT molecular complexity index is 921. The molecule has 27 heavy (non-hydrogen) atoms. The number of para-hydroxylation sites is 2. The molecule has 2 aromatic heterocycles. The Labute approximate surface area is 159 Å². The molecule has 0 bridgehead atoms. The zero-order chi connectivity index (χ0) is 18.6. The molecule has 4 rings (SSSR count). The van der Waals surface area contributed by atoms with E-state index >= 15 is 0 Å². The minimum Gasteiger partial charge on any atom is -0.340 e. The number of benzene rings is 1. The number of imidazole rings is 1. The summed E-state index contributed by atoms with van der Waals surface area (Å²) in [5, 5.41) is 0. The fourth-order valence-electron chi connectivity index (χ4n) is 3.76. The summed E-state index contributed by atoms with van der Waals surface area (Å²) in [6.45, 7) is 6.74. The van der Waals surface area contributed by atoms with Crippen LogP contribution in [-0.4, -0.2) is 56.4 Å². The fourth-order valence-corrected chi connectivity index (χ4v) is 3.76. The number of aromatic nitrogens is 3. The van der Waals surface area contributed by atoms with Crippen molar-refractivity contribution in [1.82, 2.24) is 24.3 Å². The van der Waals surface area contributed by atoms with E-state index in [1.807, 2.05) is 53.0 Å². The van der Waals surface area contributed by atoms with E-state index in [1.54, 1.807) is 0 Å². The first kappa shape index (κ1) is 17.7. The number of carbonyl (C=O) groups is 1. The number of amides is 1. The Kier molecular flexibility index (Phi) is 5.16. The first-order valence-corrected chi connectivity index (χ1v) is 9.51. The number of aryl methyl sites for hydroxylation is 1. The highest BCUT2D eigenvalue weighted by molar-refractivity contribution is 5.81. The molecule has 0 spiro atoms. The first-order chi connectivity index (χ1) is 13.2. The molecule has 140 valence electrons. The lowest BCUT2D eigenvalue weighted by Crippen LogP contribution is -2.37. The van der Waals surface area contributed by atoms with Gasteiger partial charge in [-0.25, -0.2) is 4.98 Å². The summed E-state index contributed by atoms with van der Waals surface area (Å²) in [6.07, 6.45) is 4.67. The fraction of sp³-hybridized carbons (Fsp3) is 0.381. The van der Waals surface area contributed by atoms with E-state index in [4.69, 9.17) is 0 Å². The number of fused-ring (bicyclic) bond motifs is 1. The van der Waals surface area contributed by atoms with Crippen LogP contribution in [0.5, 0.6) is 0 Å². The van der Waals surface area contributed by atoms with Crippen molar-refractivity contribution in [2.45, 2.75) is 26.4 Å². The summed E-state index contributed by atoms with van der Waals surface area (Å²) in [4.78, 5) is 26.0. The van der Waals surface area contributed by atoms with Crippen molar-refractivity contribution in [3.05, 3.63) is 60.2 Å². The van der Waals surface area contributed by atoms with Crippen LogP contribution in [0.3, 0.4) is 0 Å². The lowest BCUT2D eigenvalue weighted by Gasteiger charge is -2.22. The van der Waals surface area contributed by atoms with Gasteiger partial charge in [0, 0.05) is 45.1 Å². The molecule has 0 atom stereocenters. The maximum absolute atomic E-state index is 12.9. The van der Waals surface area contributed by atoms with Crippen molar-refractivity contribution in [3.63, 3.8) is 0 Å². The zero-order valence-corrected chi connectivity index (χ0v) is 15.7. The molecule has 0 saturated carbocycles. The van der Waals surface area contributed by atoms with Crippen LogP contribution < -0.4 is 0 Å². The number of hydrogen-bond donors (Lipinski definition) is 0. The predicted molar refractivity (Wildman–Crippen MR) is 105 cm³/mol. The Morgan fingerprint density at radius 3 is 2.70 bits per heavy atom.